The number of hydrogen-bond donors (Lipinski definition) is 1. The van der Waals surface area contributed by atoms with Gasteiger partial charge in [-0.15, -0.1) is 0 Å². The molecule has 0 spiro atoms. The van der Waals surface area contributed by atoms with E-state index in [2.05, 4.69) is 57.4 Å². The minimum absolute atomic E-state index is 0.0749. The maximum atomic E-state index is 13.3. The van der Waals surface area contributed by atoms with Gasteiger partial charge >= 0.3 is 0 Å². The number of quaternary nitrogens is 1. The number of nitrogens with zero attached hydrogens (tertiary/aromatic N) is 2. The number of aromatic hydroxyl groups is 1. The summed E-state index contributed by atoms with van der Waals surface area (Å²) in [5.74, 6) is -0.536. The summed E-state index contributed by atoms with van der Waals surface area (Å²) in [5, 5.41) is 14.7. The van der Waals surface area contributed by atoms with Crippen LogP contribution in [0.25, 0.3) is 33.2 Å². The van der Waals surface area contributed by atoms with Gasteiger partial charge in [-0.25, -0.2) is 0 Å². The first-order valence-corrected chi connectivity index (χ1v) is 12.7. The van der Waals surface area contributed by atoms with Gasteiger partial charge in [-0.3, -0.25) is 19.0 Å². The molecule has 5 heteroatoms. The molecule has 1 N–H and O–H groups in total. The lowest BCUT2D eigenvalue weighted by atomic mass is 9.91. The van der Waals surface area contributed by atoms with Crippen molar-refractivity contribution in [3.8, 4) is 5.75 Å². The number of imide groups is 1. The van der Waals surface area contributed by atoms with E-state index in [1.54, 1.807) is 24.3 Å². The van der Waals surface area contributed by atoms with Crippen molar-refractivity contribution in [3.63, 3.8) is 0 Å². The largest absolute Gasteiger partial charge is 0.507 e. The number of carbonyl (C=O) groups excluding carboxylic acids is 2. The van der Waals surface area contributed by atoms with E-state index in [4.69, 9.17) is 0 Å². The number of amides is 2. The molecule has 2 amide bonds. The number of phenolic OH excluding ortho intramolecular Hbond substituents is 1. The first kappa shape index (κ1) is 23.2. The van der Waals surface area contributed by atoms with Crippen LogP contribution in [0.3, 0.4) is 0 Å². The third-order valence-electron chi connectivity index (χ3n) is 7.85. The zero-order chi connectivity index (χ0) is 26.1. The summed E-state index contributed by atoms with van der Waals surface area (Å²) in [7, 11) is 4.33. The standard InChI is InChI=1S/C32H28N2O3/c1-5-17-33-31(36)24-12-8-11-23-29(24)25(32(33)37)18-21(30(23)35)14-15-26-19(2)28-22-10-7-6-9-20(22)13-16-27(28)34(26,3)4/h6-16,18H,5,17H2,1-4H3/p+1/b15-14+. The summed E-state index contributed by atoms with van der Waals surface area (Å²) in [6.45, 7) is 4.45. The highest BCUT2D eigenvalue weighted by atomic mass is 16.3. The van der Waals surface area contributed by atoms with Gasteiger partial charge < -0.3 is 5.11 Å². The van der Waals surface area contributed by atoms with Gasteiger partial charge in [0, 0.05) is 51.7 Å². The SMILES string of the molecule is CCCN1C(=O)c2cccc3c(O)c(/C=C/C4=C(C)c5c(ccc6ccccc56)[N+]4(C)C)cc(c23)C1=O. The van der Waals surface area contributed by atoms with Gasteiger partial charge in [0.15, 0.2) is 0 Å². The molecule has 0 fully saturated rings. The van der Waals surface area contributed by atoms with Gasteiger partial charge in [-0.2, -0.15) is 0 Å². The van der Waals surface area contributed by atoms with Crippen LogP contribution in [0, 0.1) is 0 Å². The average Bonchev–Trinajstić information content (AvgIpc) is 3.09. The number of carbonyl (C=O) groups is 2. The number of fused-ring (bicyclic) bond motifs is 3. The molecule has 5 nitrogen and oxygen atoms in total. The van der Waals surface area contributed by atoms with Crippen molar-refractivity contribution in [1.82, 2.24) is 9.38 Å². The van der Waals surface area contributed by atoms with E-state index in [1.165, 1.54) is 32.5 Å². The van der Waals surface area contributed by atoms with Crippen LogP contribution in [0.2, 0.25) is 0 Å². The Labute approximate surface area is 216 Å². The molecule has 4 aromatic carbocycles. The molecule has 184 valence electrons. The Morgan fingerprint density at radius 3 is 2.41 bits per heavy atom. The highest BCUT2D eigenvalue weighted by molar-refractivity contribution is 6.26. The topological polar surface area (TPSA) is 57.6 Å². The Kier molecular flexibility index (Phi) is 5.11. The summed E-state index contributed by atoms with van der Waals surface area (Å²) in [6, 6.07) is 19.8. The van der Waals surface area contributed by atoms with Crippen molar-refractivity contribution >= 4 is 50.7 Å². The predicted octanol–water partition coefficient (Wildman–Crippen LogP) is 6.73. The Balaban J connectivity index is 1.51. The summed E-state index contributed by atoms with van der Waals surface area (Å²) in [4.78, 5) is 27.7. The molecule has 0 radical (unpaired) electrons. The van der Waals surface area contributed by atoms with Crippen LogP contribution in [0.4, 0.5) is 5.69 Å². The Hall–Kier alpha value is -4.22. The molecular formula is C32H29N2O3+. The van der Waals surface area contributed by atoms with Gasteiger partial charge in [0.05, 0.1) is 19.7 Å². The van der Waals surface area contributed by atoms with Crippen molar-refractivity contribution in [3.05, 3.63) is 94.7 Å². The van der Waals surface area contributed by atoms with Crippen molar-refractivity contribution in [2.24, 2.45) is 0 Å². The van der Waals surface area contributed by atoms with E-state index in [0.29, 0.717) is 44.9 Å². The van der Waals surface area contributed by atoms with Crippen LogP contribution in [0.5, 0.6) is 5.75 Å². The fourth-order valence-electron chi connectivity index (χ4n) is 6.05. The number of phenols is 1. The molecule has 2 aliphatic heterocycles. The molecule has 0 aromatic heterocycles. The van der Waals surface area contributed by atoms with E-state index in [9.17, 15) is 14.7 Å². The van der Waals surface area contributed by atoms with Crippen molar-refractivity contribution < 1.29 is 14.7 Å². The molecule has 37 heavy (non-hydrogen) atoms. The smallest absolute Gasteiger partial charge is 0.261 e. The molecule has 0 saturated carbocycles. The first-order chi connectivity index (χ1) is 17.8. The predicted molar refractivity (Wildman–Crippen MR) is 150 cm³/mol. The fraction of sp³-hybridized carbons (Fsp3) is 0.188. The van der Waals surface area contributed by atoms with Crippen LogP contribution in [-0.4, -0.2) is 42.5 Å². The maximum absolute atomic E-state index is 13.3. The number of likely N-dealkylation sites (N-methyl/N-ethyl adjacent to an activating group) is 1. The zero-order valence-corrected chi connectivity index (χ0v) is 21.5. The average molecular weight is 490 g/mol. The first-order valence-electron chi connectivity index (χ1n) is 12.7. The molecular weight excluding hydrogens is 460 g/mol. The van der Waals surface area contributed by atoms with Crippen molar-refractivity contribution in [2.75, 3.05) is 20.6 Å². The quantitative estimate of drug-likeness (QED) is 0.255. The van der Waals surface area contributed by atoms with Crippen LogP contribution >= 0.6 is 0 Å². The Morgan fingerprint density at radius 1 is 0.892 bits per heavy atom. The third-order valence-corrected chi connectivity index (χ3v) is 7.85. The van der Waals surface area contributed by atoms with E-state index < -0.39 is 0 Å². The molecule has 0 atom stereocenters. The lowest BCUT2D eigenvalue weighted by Crippen LogP contribution is -2.40. The van der Waals surface area contributed by atoms with Gasteiger partial charge in [0.25, 0.3) is 11.8 Å². The second kappa shape index (κ2) is 8.15. The summed E-state index contributed by atoms with van der Waals surface area (Å²) in [5.41, 5.74) is 6.24. The Bertz CT molecular complexity index is 1730. The van der Waals surface area contributed by atoms with E-state index in [-0.39, 0.29) is 17.6 Å². The molecule has 2 aliphatic rings. The second-order valence-electron chi connectivity index (χ2n) is 10.3. The Morgan fingerprint density at radius 2 is 1.62 bits per heavy atom. The lowest BCUT2D eigenvalue weighted by Gasteiger charge is -2.28. The minimum Gasteiger partial charge on any atom is -0.507 e. The number of benzene rings is 4. The van der Waals surface area contributed by atoms with Gasteiger partial charge in [-0.05, 0) is 48.4 Å². The number of hydrogen-bond acceptors (Lipinski definition) is 3. The second-order valence-corrected chi connectivity index (χ2v) is 10.3. The van der Waals surface area contributed by atoms with Crippen molar-refractivity contribution in [1.29, 1.82) is 0 Å². The highest BCUT2D eigenvalue weighted by Gasteiger charge is 2.38. The minimum atomic E-state index is -0.309. The van der Waals surface area contributed by atoms with Crippen LogP contribution in [0.1, 0.15) is 52.1 Å². The van der Waals surface area contributed by atoms with Gasteiger partial charge in [0.1, 0.15) is 17.1 Å². The van der Waals surface area contributed by atoms with Gasteiger partial charge in [0.2, 0.25) is 0 Å². The molecule has 2 heterocycles. The van der Waals surface area contributed by atoms with Crippen LogP contribution in [0.15, 0.2) is 72.4 Å². The van der Waals surface area contributed by atoms with Gasteiger partial charge in [-0.1, -0.05) is 43.3 Å². The normalized spacial score (nSPS) is 16.5. The maximum Gasteiger partial charge on any atom is 0.261 e. The van der Waals surface area contributed by atoms with Crippen LogP contribution < -0.4 is 4.48 Å². The third kappa shape index (κ3) is 3.20. The highest BCUT2D eigenvalue weighted by Crippen LogP contribution is 2.47. The molecule has 6 rings (SSSR count). The monoisotopic (exact) mass is 489 g/mol. The summed E-state index contributed by atoms with van der Waals surface area (Å²) in [6.07, 6.45) is 4.62. The van der Waals surface area contributed by atoms with E-state index in [0.717, 1.165) is 5.70 Å². The fourth-order valence-corrected chi connectivity index (χ4v) is 6.05. The molecule has 0 unspecified atom stereocenters. The molecule has 4 aromatic rings. The summed E-state index contributed by atoms with van der Waals surface area (Å²) >= 11 is 0. The lowest BCUT2D eigenvalue weighted by molar-refractivity contribution is 0.0610. The van der Waals surface area contributed by atoms with Crippen LogP contribution in [-0.2, 0) is 0 Å². The van der Waals surface area contributed by atoms with Crippen molar-refractivity contribution in [2.45, 2.75) is 20.3 Å². The molecule has 0 aliphatic carbocycles. The van der Waals surface area contributed by atoms with E-state index >= 15 is 0 Å². The summed E-state index contributed by atoms with van der Waals surface area (Å²) < 4.78 is 0.575. The molecule has 0 bridgehead atoms. The van der Waals surface area contributed by atoms with E-state index in [1.807, 2.05) is 19.1 Å². The number of allylic oxidation sites excluding steroid dienone is 2. The number of rotatable bonds is 4. The zero-order valence-electron chi connectivity index (χ0n) is 21.5. The molecule has 0 saturated heterocycles.